The molecule has 5 rings (SSSR count). The maximum Gasteiger partial charge on any atom is 0.208 e. The van der Waals surface area contributed by atoms with Crippen LogP contribution in [0.2, 0.25) is 0 Å². The topological polar surface area (TPSA) is 92.7 Å². The molecule has 0 aromatic heterocycles. The molecule has 0 aliphatic heterocycles. The average molecular weight is 569 g/mol. The number of benzene rings is 3. The number of carbonyl (C=O) groups excluding carboxylic acids is 1. The van der Waals surface area contributed by atoms with Crippen LogP contribution in [0.4, 0.5) is 0 Å². The lowest BCUT2D eigenvalue weighted by Gasteiger charge is -2.37. The van der Waals surface area contributed by atoms with E-state index < -0.39 is 21.3 Å². The van der Waals surface area contributed by atoms with Gasteiger partial charge >= 0.3 is 0 Å². The number of aryl methyl sites for hydroxylation is 1. The predicted octanol–water partition coefficient (Wildman–Crippen LogP) is 6.03. The monoisotopic (exact) mass is 568 g/mol. The second kappa shape index (κ2) is 11.4. The standard InChI is InChI=1S/C21H21O2S.C10H16O4S/c1-16-12-14-17(15-13-16)24(20-10-6-4-8-18(20)22-2)21-11-7-5-9-19(21)23-3;1-9(2)7-3-4-10(9,8(11)5-7)6-15(12,13)14/h4-15H,1-3H3;7H,3-6H2,1-2H3,(H,12,13,14)/q+1;/p-1. The van der Waals surface area contributed by atoms with E-state index in [0.29, 0.717) is 12.8 Å². The Balaban J connectivity index is 0.000000202. The van der Waals surface area contributed by atoms with Crippen molar-refractivity contribution in [3.8, 4) is 11.5 Å². The quantitative estimate of drug-likeness (QED) is 0.255. The fourth-order valence-corrected chi connectivity index (χ4v) is 9.60. The summed E-state index contributed by atoms with van der Waals surface area (Å²) in [7, 11) is -1.18. The number of fused-ring (bicyclic) bond motifs is 2. The Labute approximate surface area is 234 Å². The number of rotatable bonds is 7. The molecular weight excluding hydrogens is 532 g/mol. The minimum atomic E-state index is -4.33. The lowest BCUT2D eigenvalue weighted by atomic mass is 9.70. The fourth-order valence-electron chi connectivity index (χ4n) is 6.03. The third kappa shape index (κ3) is 5.74. The van der Waals surface area contributed by atoms with Gasteiger partial charge in [0.15, 0.2) is 16.4 Å². The molecule has 2 bridgehead atoms. The van der Waals surface area contributed by atoms with Crippen LogP contribution in [0.25, 0.3) is 0 Å². The zero-order chi connectivity index (χ0) is 28.4. The average Bonchev–Trinajstić information content (AvgIpc) is 3.24. The van der Waals surface area contributed by atoms with Crippen LogP contribution >= 0.6 is 0 Å². The summed E-state index contributed by atoms with van der Waals surface area (Å²) >= 11 is 0. The third-order valence-electron chi connectivity index (χ3n) is 8.40. The summed E-state index contributed by atoms with van der Waals surface area (Å²) in [5.74, 6) is 1.51. The second-order valence-electron chi connectivity index (χ2n) is 10.8. The van der Waals surface area contributed by atoms with Crippen molar-refractivity contribution in [1.29, 1.82) is 0 Å². The van der Waals surface area contributed by atoms with Crippen molar-refractivity contribution in [2.75, 3.05) is 20.0 Å². The number of Topliss-reactive ketones (excluding diaryl/α,β-unsaturated/α-hetero) is 1. The van der Waals surface area contributed by atoms with Gasteiger partial charge in [-0.05, 0) is 67.5 Å². The SMILES string of the molecule is CC1(C)C2CCC1(CS(=O)(=O)[O-])C(=O)C2.COc1ccccc1[S+](c1ccc(C)cc1)c1ccccc1OC. The highest BCUT2D eigenvalue weighted by atomic mass is 32.2. The van der Waals surface area contributed by atoms with Crippen LogP contribution in [0, 0.1) is 23.7 Å². The van der Waals surface area contributed by atoms with Gasteiger partial charge in [0, 0.05) is 11.8 Å². The van der Waals surface area contributed by atoms with Crippen LogP contribution in [-0.4, -0.2) is 38.7 Å². The van der Waals surface area contributed by atoms with E-state index in [0.717, 1.165) is 27.7 Å². The van der Waals surface area contributed by atoms with Gasteiger partial charge in [0.05, 0.1) is 30.1 Å². The van der Waals surface area contributed by atoms with Gasteiger partial charge in [0.2, 0.25) is 9.79 Å². The normalized spacial score (nSPS) is 21.4. The molecule has 2 atom stereocenters. The zero-order valence-electron chi connectivity index (χ0n) is 23.1. The van der Waals surface area contributed by atoms with Crippen molar-refractivity contribution in [1.82, 2.24) is 0 Å². The lowest BCUT2D eigenvalue weighted by Crippen LogP contribution is -2.42. The minimum Gasteiger partial charge on any atom is -0.748 e. The fraction of sp³-hybridized carbons (Fsp3) is 0.387. The molecular formula is C31H36O6S2. The van der Waals surface area contributed by atoms with Gasteiger partial charge in [-0.15, -0.1) is 0 Å². The first kappa shape index (κ1) is 29.2. The molecule has 0 N–H and O–H groups in total. The zero-order valence-corrected chi connectivity index (χ0v) is 24.7. The van der Waals surface area contributed by atoms with E-state index in [1.165, 1.54) is 10.5 Å². The molecule has 0 spiro atoms. The van der Waals surface area contributed by atoms with E-state index in [9.17, 15) is 17.8 Å². The van der Waals surface area contributed by atoms with Crippen molar-refractivity contribution in [2.24, 2.45) is 16.7 Å². The molecule has 3 aromatic rings. The maximum absolute atomic E-state index is 11.8. The first-order chi connectivity index (χ1) is 18.4. The molecule has 3 aromatic carbocycles. The highest BCUT2D eigenvalue weighted by molar-refractivity contribution is 7.97. The molecule has 2 aliphatic rings. The van der Waals surface area contributed by atoms with E-state index in [2.05, 4.69) is 55.5 Å². The number of hydrogen-bond donors (Lipinski definition) is 0. The minimum absolute atomic E-state index is 0.0248. The summed E-state index contributed by atoms with van der Waals surface area (Å²) in [4.78, 5) is 15.4. The van der Waals surface area contributed by atoms with Gasteiger partial charge in [-0.2, -0.15) is 0 Å². The van der Waals surface area contributed by atoms with Crippen molar-refractivity contribution >= 4 is 26.8 Å². The predicted molar refractivity (Wildman–Crippen MR) is 152 cm³/mol. The number of carbonyl (C=O) groups is 1. The molecule has 2 unspecified atom stereocenters. The Bertz CT molecular complexity index is 1380. The number of ketones is 1. The van der Waals surface area contributed by atoms with E-state index in [1.807, 2.05) is 38.1 Å². The highest BCUT2D eigenvalue weighted by Crippen LogP contribution is 2.64. The summed E-state index contributed by atoms with van der Waals surface area (Å²) in [5, 5.41) is 0. The van der Waals surface area contributed by atoms with Crippen LogP contribution in [0.3, 0.4) is 0 Å². The van der Waals surface area contributed by atoms with E-state index >= 15 is 0 Å². The molecule has 2 aliphatic carbocycles. The largest absolute Gasteiger partial charge is 0.748 e. The molecule has 2 saturated carbocycles. The maximum atomic E-state index is 11.8. The first-order valence-electron chi connectivity index (χ1n) is 13.0. The van der Waals surface area contributed by atoms with Gasteiger partial charge < -0.3 is 14.0 Å². The van der Waals surface area contributed by atoms with Crippen LogP contribution < -0.4 is 9.47 Å². The van der Waals surface area contributed by atoms with Crippen molar-refractivity contribution in [2.45, 2.75) is 54.7 Å². The van der Waals surface area contributed by atoms with Gasteiger partial charge in [-0.1, -0.05) is 55.8 Å². The molecule has 8 heteroatoms. The van der Waals surface area contributed by atoms with Crippen LogP contribution in [0.15, 0.2) is 87.5 Å². The molecule has 39 heavy (non-hydrogen) atoms. The Kier molecular flexibility index (Phi) is 8.50. The molecule has 0 heterocycles. The Morgan fingerprint density at radius 3 is 1.82 bits per heavy atom. The highest BCUT2D eigenvalue weighted by Gasteiger charge is 2.64. The number of hydrogen-bond acceptors (Lipinski definition) is 6. The van der Waals surface area contributed by atoms with E-state index in [1.54, 1.807) is 14.2 Å². The molecule has 208 valence electrons. The summed E-state index contributed by atoms with van der Waals surface area (Å²) in [6.07, 6.45) is 1.88. The second-order valence-corrected chi connectivity index (χ2v) is 14.2. The molecule has 0 saturated heterocycles. The molecule has 0 amide bonds. The van der Waals surface area contributed by atoms with Crippen molar-refractivity contribution < 1.29 is 27.2 Å². The van der Waals surface area contributed by atoms with Crippen LogP contribution in [0.5, 0.6) is 11.5 Å². The molecule has 2 fully saturated rings. The van der Waals surface area contributed by atoms with E-state index in [-0.39, 0.29) is 28.0 Å². The van der Waals surface area contributed by atoms with Crippen molar-refractivity contribution in [3.63, 3.8) is 0 Å². The molecule has 0 radical (unpaired) electrons. The Morgan fingerprint density at radius 1 is 0.897 bits per heavy atom. The number of ether oxygens (including phenoxy) is 2. The first-order valence-corrected chi connectivity index (χ1v) is 15.8. The summed E-state index contributed by atoms with van der Waals surface area (Å²) < 4.78 is 44.0. The summed E-state index contributed by atoms with van der Waals surface area (Å²) in [6.45, 7) is 5.94. The Hall–Kier alpha value is -2.81. The lowest BCUT2D eigenvalue weighted by molar-refractivity contribution is -0.128. The van der Waals surface area contributed by atoms with Crippen molar-refractivity contribution in [3.05, 3.63) is 78.4 Å². The summed E-state index contributed by atoms with van der Waals surface area (Å²) in [5.41, 5.74) is 0.0298. The number of methoxy groups -OCH3 is 2. The summed E-state index contributed by atoms with van der Waals surface area (Å²) in [6, 6.07) is 25.1. The smallest absolute Gasteiger partial charge is 0.208 e. The molecule has 6 nitrogen and oxygen atoms in total. The number of para-hydroxylation sites is 2. The van der Waals surface area contributed by atoms with Gasteiger partial charge in [-0.25, -0.2) is 8.42 Å². The van der Waals surface area contributed by atoms with Crippen LogP contribution in [-0.2, 0) is 25.8 Å². The Morgan fingerprint density at radius 2 is 1.41 bits per heavy atom. The van der Waals surface area contributed by atoms with Gasteiger partial charge in [0.1, 0.15) is 16.7 Å². The van der Waals surface area contributed by atoms with Crippen LogP contribution in [0.1, 0.15) is 38.7 Å². The van der Waals surface area contributed by atoms with E-state index in [4.69, 9.17) is 9.47 Å². The van der Waals surface area contributed by atoms with Gasteiger partial charge in [0.25, 0.3) is 0 Å². The third-order valence-corrected chi connectivity index (χ3v) is 11.5. The van der Waals surface area contributed by atoms with Gasteiger partial charge in [-0.3, -0.25) is 4.79 Å².